The maximum atomic E-state index is 13.2. The number of ether oxygens (including phenoxy) is 1. The monoisotopic (exact) mass is 267 g/mol. The molecule has 0 radical (unpaired) electrons. The fraction of sp³-hybridized carbons (Fsp3) is 0.571. The van der Waals surface area contributed by atoms with Gasteiger partial charge in [-0.1, -0.05) is 13.3 Å². The first-order chi connectivity index (χ1) is 9.10. The number of halogens is 1. The van der Waals surface area contributed by atoms with Gasteiger partial charge in [0.1, 0.15) is 5.82 Å². The average molecular weight is 267 g/mol. The van der Waals surface area contributed by atoms with Crippen molar-refractivity contribution in [2.75, 3.05) is 0 Å². The molecule has 0 aromatic heterocycles. The molecule has 0 bridgehead atoms. The van der Waals surface area contributed by atoms with Crippen LogP contribution in [0.5, 0.6) is 5.75 Å². The van der Waals surface area contributed by atoms with E-state index in [2.05, 4.69) is 6.92 Å². The Balaban J connectivity index is 2.06. The van der Waals surface area contributed by atoms with Crippen LogP contribution in [0.25, 0.3) is 0 Å². The highest BCUT2D eigenvalue weighted by atomic mass is 19.1. The fourth-order valence-corrected chi connectivity index (χ4v) is 2.57. The molecule has 104 valence electrons. The highest BCUT2D eigenvalue weighted by molar-refractivity contribution is 5.46. The molecule has 2 rings (SSSR count). The number of hydrogen-bond acceptors (Lipinski definition) is 3. The molecule has 5 heteroatoms. The molecule has 0 saturated heterocycles. The van der Waals surface area contributed by atoms with Crippen molar-refractivity contribution in [1.82, 2.24) is 0 Å². The summed E-state index contributed by atoms with van der Waals surface area (Å²) in [5, 5.41) is 10.9. The Morgan fingerprint density at radius 3 is 2.63 bits per heavy atom. The summed E-state index contributed by atoms with van der Waals surface area (Å²) in [6, 6.07) is 3.34. The second-order valence-corrected chi connectivity index (χ2v) is 5.04. The summed E-state index contributed by atoms with van der Waals surface area (Å²) in [6.45, 7) is 2.17. The second kappa shape index (κ2) is 5.99. The third kappa shape index (κ3) is 3.43. The van der Waals surface area contributed by atoms with Crippen LogP contribution in [0, 0.1) is 21.8 Å². The van der Waals surface area contributed by atoms with Crippen LogP contribution < -0.4 is 4.74 Å². The number of nitro groups is 1. The number of nitrogens with zero attached hydrogens (tertiary/aromatic N) is 1. The molecular weight excluding hydrogens is 249 g/mol. The SMILES string of the molecule is CCC1CCC(Oc2cc(F)ccc2[N+](=O)[O-])CC1. The second-order valence-electron chi connectivity index (χ2n) is 5.04. The molecule has 0 spiro atoms. The van der Waals surface area contributed by atoms with Crippen LogP contribution in [0.15, 0.2) is 18.2 Å². The maximum Gasteiger partial charge on any atom is 0.311 e. The summed E-state index contributed by atoms with van der Waals surface area (Å²) < 4.78 is 18.8. The van der Waals surface area contributed by atoms with Gasteiger partial charge < -0.3 is 4.74 Å². The number of hydrogen-bond donors (Lipinski definition) is 0. The molecule has 1 aliphatic rings. The van der Waals surface area contributed by atoms with Gasteiger partial charge in [-0.2, -0.15) is 0 Å². The number of benzene rings is 1. The van der Waals surface area contributed by atoms with E-state index in [0.717, 1.165) is 56.2 Å². The van der Waals surface area contributed by atoms with Gasteiger partial charge >= 0.3 is 5.69 Å². The Morgan fingerprint density at radius 1 is 1.37 bits per heavy atom. The molecule has 1 aromatic rings. The van der Waals surface area contributed by atoms with E-state index in [1.165, 1.54) is 0 Å². The van der Waals surface area contributed by atoms with Crippen molar-refractivity contribution >= 4 is 5.69 Å². The van der Waals surface area contributed by atoms with Crippen molar-refractivity contribution in [3.63, 3.8) is 0 Å². The molecule has 1 aromatic carbocycles. The first-order valence-electron chi connectivity index (χ1n) is 6.70. The minimum absolute atomic E-state index is 0.0386. The van der Waals surface area contributed by atoms with Gasteiger partial charge in [-0.05, 0) is 37.7 Å². The lowest BCUT2D eigenvalue weighted by molar-refractivity contribution is -0.386. The molecule has 0 unspecified atom stereocenters. The van der Waals surface area contributed by atoms with Crippen LogP contribution in [-0.4, -0.2) is 11.0 Å². The summed E-state index contributed by atoms with van der Waals surface area (Å²) in [5.41, 5.74) is -0.168. The van der Waals surface area contributed by atoms with Crippen LogP contribution in [0.2, 0.25) is 0 Å². The molecule has 0 N–H and O–H groups in total. The lowest BCUT2D eigenvalue weighted by Crippen LogP contribution is -2.24. The van der Waals surface area contributed by atoms with Gasteiger partial charge in [0, 0.05) is 12.1 Å². The Kier molecular flexibility index (Phi) is 4.35. The standard InChI is InChI=1S/C14H18FNO3/c1-2-10-3-6-12(7-4-10)19-14-9-11(15)5-8-13(14)16(17)18/h5,8-10,12H,2-4,6-7H2,1H3. The third-order valence-electron chi connectivity index (χ3n) is 3.78. The molecule has 1 saturated carbocycles. The maximum absolute atomic E-state index is 13.2. The van der Waals surface area contributed by atoms with E-state index in [1.807, 2.05) is 0 Å². The predicted octanol–water partition coefficient (Wildman–Crippen LogP) is 4.08. The van der Waals surface area contributed by atoms with Crippen LogP contribution >= 0.6 is 0 Å². The smallest absolute Gasteiger partial charge is 0.311 e. The van der Waals surface area contributed by atoms with E-state index in [-0.39, 0.29) is 17.5 Å². The van der Waals surface area contributed by atoms with Crippen LogP contribution in [-0.2, 0) is 0 Å². The minimum atomic E-state index is -0.535. The molecule has 0 amide bonds. The molecule has 1 fully saturated rings. The Hall–Kier alpha value is -1.65. The summed E-state index contributed by atoms with van der Waals surface area (Å²) >= 11 is 0. The van der Waals surface area contributed by atoms with Gasteiger partial charge in [-0.25, -0.2) is 4.39 Å². The normalized spacial score (nSPS) is 23.1. The van der Waals surface area contributed by atoms with Crippen molar-refractivity contribution in [1.29, 1.82) is 0 Å². The zero-order valence-corrected chi connectivity index (χ0v) is 11.0. The zero-order chi connectivity index (χ0) is 13.8. The number of nitro benzene ring substituents is 1. The van der Waals surface area contributed by atoms with Gasteiger partial charge in [0.15, 0.2) is 5.75 Å². The lowest BCUT2D eigenvalue weighted by atomic mass is 9.86. The van der Waals surface area contributed by atoms with Crippen molar-refractivity contribution in [3.8, 4) is 5.75 Å². The molecule has 0 aliphatic heterocycles. The molecule has 1 aliphatic carbocycles. The van der Waals surface area contributed by atoms with E-state index in [9.17, 15) is 14.5 Å². The molecule has 0 atom stereocenters. The molecule has 4 nitrogen and oxygen atoms in total. The van der Waals surface area contributed by atoms with Gasteiger partial charge in [0.25, 0.3) is 0 Å². The lowest BCUT2D eigenvalue weighted by Gasteiger charge is -2.28. The van der Waals surface area contributed by atoms with Gasteiger partial charge in [0.05, 0.1) is 11.0 Å². The van der Waals surface area contributed by atoms with E-state index in [0.29, 0.717) is 0 Å². The van der Waals surface area contributed by atoms with E-state index in [1.54, 1.807) is 0 Å². The fourth-order valence-electron chi connectivity index (χ4n) is 2.57. The predicted molar refractivity (Wildman–Crippen MR) is 69.7 cm³/mol. The van der Waals surface area contributed by atoms with Crippen molar-refractivity contribution in [3.05, 3.63) is 34.1 Å². The average Bonchev–Trinajstić information content (AvgIpc) is 2.39. The molecule has 19 heavy (non-hydrogen) atoms. The molecular formula is C14H18FNO3. The first kappa shape index (κ1) is 13.8. The van der Waals surface area contributed by atoms with Gasteiger partial charge in [-0.15, -0.1) is 0 Å². The minimum Gasteiger partial charge on any atom is -0.483 e. The van der Waals surface area contributed by atoms with E-state index in [4.69, 9.17) is 4.74 Å². The van der Waals surface area contributed by atoms with E-state index < -0.39 is 10.7 Å². The zero-order valence-electron chi connectivity index (χ0n) is 11.0. The van der Waals surface area contributed by atoms with Crippen LogP contribution in [0.4, 0.5) is 10.1 Å². The molecule has 0 heterocycles. The largest absolute Gasteiger partial charge is 0.483 e. The Labute approximate surface area is 111 Å². The van der Waals surface area contributed by atoms with E-state index >= 15 is 0 Å². The van der Waals surface area contributed by atoms with Crippen LogP contribution in [0.3, 0.4) is 0 Å². The first-order valence-corrected chi connectivity index (χ1v) is 6.70. The summed E-state index contributed by atoms with van der Waals surface area (Å²) in [4.78, 5) is 10.3. The summed E-state index contributed by atoms with van der Waals surface area (Å²) in [6.07, 6.45) is 5.03. The summed E-state index contributed by atoms with van der Waals surface area (Å²) in [5.74, 6) is 0.259. The third-order valence-corrected chi connectivity index (χ3v) is 3.78. The highest BCUT2D eigenvalue weighted by Crippen LogP contribution is 2.33. The van der Waals surface area contributed by atoms with Crippen molar-refractivity contribution in [2.24, 2.45) is 5.92 Å². The topological polar surface area (TPSA) is 52.4 Å². The van der Waals surface area contributed by atoms with Gasteiger partial charge in [0.2, 0.25) is 0 Å². The van der Waals surface area contributed by atoms with Crippen molar-refractivity contribution < 1.29 is 14.1 Å². The highest BCUT2D eigenvalue weighted by Gasteiger charge is 2.24. The van der Waals surface area contributed by atoms with Crippen LogP contribution in [0.1, 0.15) is 39.0 Å². The number of rotatable bonds is 4. The Bertz CT molecular complexity index is 456. The summed E-state index contributed by atoms with van der Waals surface area (Å²) in [7, 11) is 0. The van der Waals surface area contributed by atoms with Gasteiger partial charge in [-0.3, -0.25) is 10.1 Å². The quantitative estimate of drug-likeness (QED) is 0.610. The van der Waals surface area contributed by atoms with Crippen molar-refractivity contribution in [2.45, 2.75) is 45.1 Å². The Morgan fingerprint density at radius 2 is 2.05 bits per heavy atom.